The van der Waals surface area contributed by atoms with E-state index >= 15 is 0 Å². The van der Waals surface area contributed by atoms with Gasteiger partial charge in [-0.05, 0) is 0 Å². The molecule has 0 radical (unpaired) electrons. The maximum Gasteiger partial charge on any atom is -1.00 e. The Labute approximate surface area is 206 Å². The third-order valence-electron chi connectivity index (χ3n) is 7.73. The molecule has 6 rings (SSSR count). The minimum absolute atomic E-state index is 0. The third-order valence-corrected chi connectivity index (χ3v) is 27.8. The predicted octanol–water partition coefficient (Wildman–Crippen LogP) is 0.601. The van der Waals surface area contributed by atoms with Gasteiger partial charge in [-0.3, -0.25) is 0 Å². The molecule has 0 heterocycles. The first-order valence-corrected chi connectivity index (χ1v) is 27.2. The first-order valence-electron chi connectivity index (χ1n) is 11.0. The Hall–Kier alpha value is -1.44. The minimum atomic E-state index is -3.36. The fourth-order valence-corrected chi connectivity index (χ4v) is 28.3. The molecule has 0 aliphatic heterocycles. The number of rotatable bonds is 2. The van der Waals surface area contributed by atoms with Gasteiger partial charge in [0.15, 0.2) is 0 Å². The summed E-state index contributed by atoms with van der Waals surface area (Å²) >= 11 is -3.36. The number of fused-ring (bicyclic) bond motifs is 6. The Balaban J connectivity index is 0.00000122. The van der Waals surface area contributed by atoms with Gasteiger partial charge in [0.2, 0.25) is 0 Å². The average Bonchev–Trinajstić information content (AvgIpc) is 3.28. The molecule has 0 saturated heterocycles. The van der Waals surface area contributed by atoms with Crippen LogP contribution in [0.15, 0.2) is 97.1 Å². The molecule has 0 saturated carbocycles. The van der Waals surface area contributed by atoms with Gasteiger partial charge in [0.1, 0.15) is 0 Å². The predicted molar refractivity (Wildman–Crippen MR) is 129 cm³/mol. The van der Waals surface area contributed by atoms with Gasteiger partial charge >= 0.3 is 183 Å². The van der Waals surface area contributed by atoms with E-state index in [1.165, 1.54) is 29.6 Å². The molecule has 0 unspecified atom stereocenters. The normalized spacial score (nSPS) is 14.6. The van der Waals surface area contributed by atoms with Crippen molar-refractivity contribution < 1.29 is 42.8 Å². The zero-order valence-corrected chi connectivity index (χ0v) is 24.6. The summed E-state index contributed by atoms with van der Waals surface area (Å²) in [7, 11) is 1.28. The Kier molecular flexibility index (Phi) is 6.00. The van der Waals surface area contributed by atoms with Crippen molar-refractivity contribution in [3.63, 3.8) is 0 Å². The van der Waals surface area contributed by atoms with Crippen molar-refractivity contribution in [1.82, 2.24) is 0 Å². The Morgan fingerprint density at radius 2 is 0.688 bits per heavy atom. The molecule has 0 bridgehead atoms. The molecular formula is C28H27Cl2SiZr. The summed E-state index contributed by atoms with van der Waals surface area (Å²) in [5, 5.41) is 0. The van der Waals surface area contributed by atoms with Crippen LogP contribution in [0.25, 0.3) is 22.3 Å². The van der Waals surface area contributed by atoms with Crippen LogP contribution in [0.1, 0.15) is 29.5 Å². The Morgan fingerprint density at radius 1 is 0.469 bits per heavy atom. The van der Waals surface area contributed by atoms with Gasteiger partial charge in [0.25, 0.3) is 0 Å². The summed E-state index contributed by atoms with van der Waals surface area (Å²) in [6, 6.07) is 36.9. The van der Waals surface area contributed by atoms with Crippen molar-refractivity contribution in [3.05, 3.63) is 119 Å². The molecule has 0 aromatic heterocycles. The Bertz CT molecular complexity index is 1130. The molecule has 0 N–H and O–H groups in total. The monoisotopic (exact) mass is 551 g/mol. The largest absolute Gasteiger partial charge is 1.00 e. The third kappa shape index (κ3) is 3.18. The fourth-order valence-electron chi connectivity index (χ4n) is 6.70. The van der Waals surface area contributed by atoms with E-state index in [4.69, 9.17) is 0 Å². The fraction of sp³-hybridized carbons (Fsp3) is 0.143. The van der Waals surface area contributed by atoms with E-state index in [-0.39, 0.29) is 24.8 Å². The van der Waals surface area contributed by atoms with Crippen molar-refractivity contribution in [2.24, 2.45) is 0 Å². The van der Waals surface area contributed by atoms with Crippen molar-refractivity contribution in [2.45, 2.75) is 16.5 Å². The second kappa shape index (κ2) is 8.10. The van der Waals surface area contributed by atoms with Gasteiger partial charge in [0.05, 0.1) is 0 Å². The van der Waals surface area contributed by atoms with Crippen molar-refractivity contribution in [3.8, 4) is 22.3 Å². The smallest absolute Gasteiger partial charge is 1.00 e. The van der Waals surface area contributed by atoms with Gasteiger partial charge in [-0.1, -0.05) is 0 Å². The summed E-state index contributed by atoms with van der Waals surface area (Å²) in [6.45, 7) is 0. The molecule has 161 valence electrons. The molecule has 4 aromatic carbocycles. The van der Waals surface area contributed by atoms with Gasteiger partial charge in [-0.2, -0.15) is 0 Å². The zero-order valence-electron chi connectivity index (χ0n) is 18.6. The van der Waals surface area contributed by atoms with E-state index in [0.717, 1.165) is 0 Å². The maximum absolute atomic E-state index is 3.36. The molecule has 0 atom stereocenters. The van der Waals surface area contributed by atoms with E-state index in [1.54, 1.807) is 22.3 Å². The van der Waals surface area contributed by atoms with E-state index in [1.807, 2.05) is 0 Å². The molecule has 0 amide bonds. The van der Waals surface area contributed by atoms with Gasteiger partial charge in [-0.25, -0.2) is 0 Å². The zero-order chi connectivity index (χ0) is 20.5. The van der Waals surface area contributed by atoms with E-state index < -0.39 is 17.9 Å². The topological polar surface area (TPSA) is 0 Å². The quantitative estimate of drug-likeness (QED) is 0.319. The molecule has 0 spiro atoms. The number of halogens is 2. The van der Waals surface area contributed by atoms with Crippen LogP contribution >= 0.6 is 0 Å². The molecule has 2 aliphatic carbocycles. The van der Waals surface area contributed by atoms with E-state index in [0.29, 0.717) is 7.25 Å². The number of hydrogen-bond donors (Lipinski definition) is 0. The summed E-state index contributed by atoms with van der Waals surface area (Å²) in [5.74, 6) is 0. The van der Waals surface area contributed by atoms with E-state index in [9.17, 15) is 0 Å². The van der Waals surface area contributed by atoms with Crippen LogP contribution in [-0.4, -0.2) is 7.37 Å². The molecule has 32 heavy (non-hydrogen) atoms. The van der Waals surface area contributed by atoms with Gasteiger partial charge in [-0.15, -0.1) is 0 Å². The summed E-state index contributed by atoms with van der Waals surface area (Å²) in [5.41, 5.74) is 12.2. The summed E-state index contributed by atoms with van der Waals surface area (Å²) in [6.07, 6.45) is 0. The first-order chi connectivity index (χ1) is 14.5. The first kappa shape index (κ1) is 23.7. The molecule has 4 heteroatoms. The Morgan fingerprint density at radius 3 is 0.938 bits per heavy atom. The maximum atomic E-state index is 2.76. The van der Waals surface area contributed by atoms with Crippen LogP contribution in [0.2, 0.25) is 9.26 Å². The van der Waals surface area contributed by atoms with Crippen molar-refractivity contribution >= 4 is 7.37 Å². The molecule has 4 aromatic rings. The molecule has 0 nitrogen and oxygen atoms in total. The number of benzene rings is 4. The average molecular weight is 554 g/mol. The van der Waals surface area contributed by atoms with Crippen molar-refractivity contribution in [1.29, 1.82) is 0 Å². The van der Waals surface area contributed by atoms with Gasteiger partial charge < -0.3 is 24.8 Å². The molecule has 2 aliphatic rings. The standard InChI is InChI=1S/2C13H9.2CH3.2ClH.H3Si.Zr/c2*1-3-7-12-10(5-1)9-11-6-2-4-8-13(11)12;;;;;;/h2*1-9H;2*1H3;2*1H;1H3;/q;;;;;;;+2/p-2. The second-order valence-corrected chi connectivity index (χ2v) is 48.8. The molecular weight excluding hydrogens is 527 g/mol. The number of hydrogen-bond acceptors (Lipinski definition) is 0. The van der Waals surface area contributed by atoms with Crippen LogP contribution < -0.4 is 24.8 Å². The van der Waals surface area contributed by atoms with Crippen LogP contribution in [0, 0.1) is 0 Å². The second-order valence-electron chi connectivity index (χ2n) is 10.6. The SMILES string of the molecule is [CH3][Zr+2]([CH3])([SiH3])([CH]1c2ccccc2-c2ccccc21)[CH]1c2ccccc2-c2ccccc21.[Cl-].[Cl-]. The minimum Gasteiger partial charge on any atom is -1.00 e. The van der Waals surface area contributed by atoms with Crippen molar-refractivity contribution in [2.75, 3.05) is 0 Å². The van der Waals surface area contributed by atoms with Crippen LogP contribution in [-0.2, 0) is 17.9 Å². The van der Waals surface area contributed by atoms with Crippen LogP contribution in [0.3, 0.4) is 0 Å². The van der Waals surface area contributed by atoms with Crippen LogP contribution in [0.5, 0.6) is 0 Å². The summed E-state index contributed by atoms with van der Waals surface area (Å²) < 4.78 is 6.71. The molecule has 0 fully saturated rings. The van der Waals surface area contributed by atoms with Crippen LogP contribution in [0.4, 0.5) is 0 Å². The van der Waals surface area contributed by atoms with E-state index in [2.05, 4.69) is 106 Å². The van der Waals surface area contributed by atoms with Gasteiger partial charge in [0, 0.05) is 0 Å². The summed E-state index contributed by atoms with van der Waals surface area (Å²) in [4.78, 5) is 0.